The zero-order valence-corrected chi connectivity index (χ0v) is 10.6. The molecule has 0 saturated heterocycles. The molecule has 1 aliphatic rings. The molecule has 0 spiro atoms. The maximum absolute atomic E-state index is 3.74. The van der Waals surface area contributed by atoms with Crippen molar-refractivity contribution in [1.82, 2.24) is 5.32 Å². The lowest BCUT2D eigenvalue weighted by Gasteiger charge is -2.35. The van der Waals surface area contributed by atoms with Gasteiger partial charge in [0.25, 0.3) is 0 Å². The molecule has 84 valence electrons. The minimum absolute atomic E-state index is 0.417. The molecule has 0 aromatic heterocycles. The predicted octanol–water partition coefficient (Wildman–Crippen LogP) is 3.45. The van der Waals surface area contributed by atoms with E-state index in [0.717, 1.165) is 24.4 Å². The Labute approximate surface area is 89.7 Å². The molecule has 1 nitrogen and oxygen atoms in total. The van der Waals surface area contributed by atoms with Crippen LogP contribution in [0.1, 0.15) is 53.9 Å². The van der Waals surface area contributed by atoms with Crippen LogP contribution in [0, 0.1) is 17.3 Å². The van der Waals surface area contributed by atoms with Crippen LogP contribution in [0.3, 0.4) is 0 Å². The summed E-state index contributed by atoms with van der Waals surface area (Å²) in [5.41, 5.74) is 0.417. The van der Waals surface area contributed by atoms with E-state index in [1.54, 1.807) is 0 Å². The second kappa shape index (κ2) is 4.65. The van der Waals surface area contributed by atoms with Gasteiger partial charge >= 0.3 is 0 Å². The Bertz CT molecular complexity index is 169. The number of hydrogen-bond donors (Lipinski definition) is 1. The third kappa shape index (κ3) is 4.00. The van der Waals surface area contributed by atoms with E-state index in [1.165, 1.54) is 19.3 Å². The van der Waals surface area contributed by atoms with Crippen LogP contribution in [-0.2, 0) is 0 Å². The fraction of sp³-hybridized carbons (Fsp3) is 1.00. The summed E-state index contributed by atoms with van der Waals surface area (Å²) < 4.78 is 0. The second-order valence-corrected chi connectivity index (χ2v) is 6.44. The minimum Gasteiger partial charge on any atom is -0.313 e. The number of hydrogen-bond acceptors (Lipinski definition) is 1. The van der Waals surface area contributed by atoms with Gasteiger partial charge < -0.3 is 5.32 Å². The first kappa shape index (κ1) is 12.0. The quantitative estimate of drug-likeness (QED) is 0.715. The lowest BCUT2D eigenvalue weighted by atomic mass is 9.79. The Morgan fingerprint density at radius 1 is 1.14 bits per heavy atom. The van der Waals surface area contributed by atoms with Crippen molar-refractivity contribution in [2.45, 2.75) is 59.9 Å². The van der Waals surface area contributed by atoms with E-state index in [2.05, 4.69) is 39.9 Å². The molecule has 14 heavy (non-hydrogen) atoms. The van der Waals surface area contributed by atoms with Gasteiger partial charge in [-0.05, 0) is 30.1 Å². The molecule has 1 aliphatic carbocycles. The maximum atomic E-state index is 3.74. The Kier molecular flexibility index (Phi) is 4.00. The molecular formula is C13H27N. The minimum atomic E-state index is 0.417. The molecular weight excluding hydrogens is 170 g/mol. The molecule has 0 aromatic carbocycles. The van der Waals surface area contributed by atoms with Gasteiger partial charge in [0.05, 0.1) is 0 Å². The Balaban J connectivity index is 2.35. The summed E-state index contributed by atoms with van der Waals surface area (Å²) in [6.45, 7) is 12.8. The number of nitrogens with one attached hydrogen (secondary N) is 1. The lowest BCUT2D eigenvalue weighted by molar-refractivity contribution is 0.210. The molecule has 0 heterocycles. The van der Waals surface area contributed by atoms with Gasteiger partial charge in [-0.1, -0.05) is 41.0 Å². The molecule has 3 unspecified atom stereocenters. The highest BCUT2D eigenvalue weighted by atomic mass is 14.9. The lowest BCUT2D eigenvalue weighted by Crippen LogP contribution is -2.43. The van der Waals surface area contributed by atoms with E-state index >= 15 is 0 Å². The monoisotopic (exact) mass is 197 g/mol. The average Bonchev–Trinajstić information content (AvgIpc) is 2.05. The molecule has 1 heteroatoms. The van der Waals surface area contributed by atoms with Crippen LogP contribution < -0.4 is 5.32 Å². The van der Waals surface area contributed by atoms with Crippen LogP contribution in [-0.4, -0.2) is 12.6 Å². The largest absolute Gasteiger partial charge is 0.313 e. The zero-order valence-electron chi connectivity index (χ0n) is 10.6. The van der Waals surface area contributed by atoms with Crippen LogP contribution >= 0.6 is 0 Å². The summed E-state index contributed by atoms with van der Waals surface area (Å²) in [5.74, 6) is 1.79. The van der Waals surface area contributed by atoms with Crippen LogP contribution in [0.25, 0.3) is 0 Å². The zero-order chi connectivity index (χ0) is 10.8. The molecule has 0 aliphatic heterocycles. The SMILES string of the molecule is CC1CCC(C)C(NCC(C)(C)C)C1. The summed E-state index contributed by atoms with van der Waals surface area (Å²) in [4.78, 5) is 0. The first-order chi connectivity index (χ1) is 6.38. The summed E-state index contributed by atoms with van der Waals surface area (Å²) in [5, 5.41) is 3.74. The molecule has 3 atom stereocenters. The van der Waals surface area contributed by atoms with Crippen molar-refractivity contribution >= 4 is 0 Å². The van der Waals surface area contributed by atoms with Gasteiger partial charge in [-0.25, -0.2) is 0 Å². The molecule has 0 aromatic rings. The standard InChI is InChI=1S/C13H27N/c1-10-6-7-11(2)12(8-10)14-9-13(3,4)5/h10-12,14H,6-9H2,1-5H3. The summed E-state index contributed by atoms with van der Waals surface area (Å²) >= 11 is 0. The van der Waals surface area contributed by atoms with Crippen molar-refractivity contribution in [3.8, 4) is 0 Å². The van der Waals surface area contributed by atoms with E-state index in [-0.39, 0.29) is 0 Å². The van der Waals surface area contributed by atoms with Gasteiger partial charge in [-0.15, -0.1) is 0 Å². The molecule has 1 N–H and O–H groups in total. The smallest absolute Gasteiger partial charge is 0.00954 e. The van der Waals surface area contributed by atoms with E-state index < -0.39 is 0 Å². The van der Waals surface area contributed by atoms with E-state index in [1.807, 2.05) is 0 Å². The topological polar surface area (TPSA) is 12.0 Å². The van der Waals surface area contributed by atoms with E-state index in [4.69, 9.17) is 0 Å². The molecule has 1 fully saturated rings. The van der Waals surface area contributed by atoms with Crippen LogP contribution in [0.15, 0.2) is 0 Å². The highest BCUT2D eigenvalue weighted by Crippen LogP contribution is 2.28. The van der Waals surface area contributed by atoms with Gasteiger partial charge in [0.15, 0.2) is 0 Å². The molecule has 0 amide bonds. The Hall–Kier alpha value is -0.0400. The maximum Gasteiger partial charge on any atom is 0.00954 e. The second-order valence-electron chi connectivity index (χ2n) is 6.44. The van der Waals surface area contributed by atoms with Crippen molar-refractivity contribution in [3.63, 3.8) is 0 Å². The van der Waals surface area contributed by atoms with Crippen molar-refractivity contribution in [2.75, 3.05) is 6.54 Å². The molecule has 0 bridgehead atoms. The van der Waals surface area contributed by atoms with Gasteiger partial charge in [0.2, 0.25) is 0 Å². The van der Waals surface area contributed by atoms with Crippen molar-refractivity contribution < 1.29 is 0 Å². The Morgan fingerprint density at radius 2 is 1.79 bits per heavy atom. The molecule has 0 radical (unpaired) electrons. The third-order valence-corrected chi connectivity index (χ3v) is 3.35. The molecule has 1 rings (SSSR count). The number of rotatable bonds is 2. The highest BCUT2D eigenvalue weighted by molar-refractivity contribution is 4.82. The third-order valence-electron chi connectivity index (χ3n) is 3.35. The van der Waals surface area contributed by atoms with Crippen LogP contribution in [0.4, 0.5) is 0 Å². The predicted molar refractivity (Wildman–Crippen MR) is 63.4 cm³/mol. The summed E-state index contributed by atoms with van der Waals surface area (Å²) in [6, 6.07) is 0.762. The van der Waals surface area contributed by atoms with Crippen molar-refractivity contribution in [2.24, 2.45) is 17.3 Å². The van der Waals surface area contributed by atoms with Crippen LogP contribution in [0.5, 0.6) is 0 Å². The molecule has 1 saturated carbocycles. The van der Waals surface area contributed by atoms with Gasteiger partial charge in [0.1, 0.15) is 0 Å². The fourth-order valence-electron chi connectivity index (χ4n) is 2.25. The van der Waals surface area contributed by atoms with Gasteiger partial charge in [-0.3, -0.25) is 0 Å². The Morgan fingerprint density at radius 3 is 2.36 bits per heavy atom. The summed E-state index contributed by atoms with van der Waals surface area (Å²) in [6.07, 6.45) is 4.20. The summed E-state index contributed by atoms with van der Waals surface area (Å²) in [7, 11) is 0. The van der Waals surface area contributed by atoms with E-state index in [9.17, 15) is 0 Å². The first-order valence-corrected chi connectivity index (χ1v) is 6.12. The highest BCUT2D eigenvalue weighted by Gasteiger charge is 2.25. The average molecular weight is 197 g/mol. The van der Waals surface area contributed by atoms with Crippen molar-refractivity contribution in [3.05, 3.63) is 0 Å². The van der Waals surface area contributed by atoms with Crippen molar-refractivity contribution in [1.29, 1.82) is 0 Å². The van der Waals surface area contributed by atoms with Crippen LogP contribution in [0.2, 0.25) is 0 Å². The normalized spacial score (nSPS) is 34.5. The first-order valence-electron chi connectivity index (χ1n) is 6.12. The van der Waals surface area contributed by atoms with Gasteiger partial charge in [0, 0.05) is 12.6 Å². The fourth-order valence-corrected chi connectivity index (χ4v) is 2.25. The van der Waals surface area contributed by atoms with E-state index in [0.29, 0.717) is 5.41 Å². The van der Waals surface area contributed by atoms with Gasteiger partial charge in [-0.2, -0.15) is 0 Å².